The largest absolute Gasteiger partial charge is 0.356 e. The van der Waals surface area contributed by atoms with Gasteiger partial charge in [-0.15, -0.1) is 0 Å². The lowest BCUT2D eigenvalue weighted by atomic mass is 9.90. The number of carbonyl (C=O) groups is 1. The van der Waals surface area contributed by atoms with Gasteiger partial charge in [0.2, 0.25) is 0 Å². The molecule has 4 heterocycles. The van der Waals surface area contributed by atoms with Crippen LogP contribution in [0.4, 0.5) is 5.82 Å². The Balaban J connectivity index is 0.000000828. The van der Waals surface area contributed by atoms with E-state index in [1.807, 2.05) is 71.7 Å². The van der Waals surface area contributed by atoms with Crippen LogP contribution in [0, 0.1) is 0 Å². The quantitative estimate of drug-likeness (QED) is 0.503. The highest BCUT2D eigenvalue weighted by Gasteiger charge is 2.56. The summed E-state index contributed by atoms with van der Waals surface area (Å²) in [5, 5.41) is 0. The number of piperidine rings is 1. The number of benzene rings is 1. The van der Waals surface area contributed by atoms with Crippen molar-refractivity contribution in [2.24, 2.45) is 0 Å². The zero-order valence-corrected chi connectivity index (χ0v) is 20.8. The second kappa shape index (κ2) is 11.0. The highest BCUT2D eigenvalue weighted by Crippen LogP contribution is 2.44. The fourth-order valence-corrected chi connectivity index (χ4v) is 4.86. The molecule has 0 bridgehead atoms. The lowest BCUT2D eigenvalue weighted by Crippen LogP contribution is -2.50. The summed E-state index contributed by atoms with van der Waals surface area (Å²) in [4.78, 5) is 26.5. The van der Waals surface area contributed by atoms with E-state index in [0.29, 0.717) is 12.8 Å². The van der Waals surface area contributed by atoms with Crippen molar-refractivity contribution in [1.29, 1.82) is 0 Å². The normalized spacial score (nSPS) is 23.4. The smallest absolute Gasteiger partial charge is 0.261 e. The highest BCUT2D eigenvalue weighted by molar-refractivity contribution is 5.89. The molecule has 0 radical (unpaired) electrons. The number of hydrogen-bond donors (Lipinski definition) is 0. The molecular weight excluding hydrogens is 448 g/mol. The minimum absolute atomic E-state index is 0.110. The number of amides is 1. The maximum absolute atomic E-state index is 13.5. The molecule has 186 valence electrons. The minimum Gasteiger partial charge on any atom is -0.356 e. The van der Waals surface area contributed by atoms with Gasteiger partial charge in [0, 0.05) is 43.3 Å². The topological polar surface area (TPSA) is 58.6 Å². The fraction of sp³-hybridized carbons (Fsp3) is 0.367. The van der Waals surface area contributed by atoms with Crippen LogP contribution in [0.3, 0.4) is 0 Å². The molecule has 0 N–H and O–H groups in total. The minimum atomic E-state index is -0.720. The third-order valence-electron chi connectivity index (χ3n) is 6.94. The van der Waals surface area contributed by atoms with E-state index in [9.17, 15) is 4.79 Å². The van der Waals surface area contributed by atoms with Gasteiger partial charge in [0.15, 0.2) is 5.60 Å². The average Bonchev–Trinajstić information content (AvgIpc) is 3.73. The maximum atomic E-state index is 13.5. The Morgan fingerprint density at radius 1 is 1.00 bits per heavy atom. The summed E-state index contributed by atoms with van der Waals surface area (Å²) >= 11 is 0. The number of aromatic nitrogens is 2. The van der Waals surface area contributed by atoms with Gasteiger partial charge in [0.05, 0.1) is 5.69 Å². The van der Waals surface area contributed by atoms with Crippen molar-refractivity contribution in [3.63, 3.8) is 0 Å². The van der Waals surface area contributed by atoms with Crippen LogP contribution < -0.4 is 4.90 Å². The highest BCUT2D eigenvalue weighted by atomic mass is 16.6. The van der Waals surface area contributed by atoms with Crippen LogP contribution in [0.5, 0.6) is 0 Å². The van der Waals surface area contributed by atoms with E-state index in [1.165, 1.54) is 19.3 Å². The van der Waals surface area contributed by atoms with Gasteiger partial charge in [-0.1, -0.05) is 86.6 Å². The monoisotopic (exact) mass is 482 g/mol. The molecule has 1 spiro atoms. The van der Waals surface area contributed by atoms with Crippen LogP contribution >= 0.6 is 0 Å². The molecule has 1 saturated carbocycles. The van der Waals surface area contributed by atoms with Crippen LogP contribution in [-0.4, -0.2) is 45.7 Å². The van der Waals surface area contributed by atoms with Crippen LogP contribution in [-0.2, 0) is 9.53 Å². The predicted octanol–water partition coefficient (Wildman–Crippen LogP) is 5.81. The van der Waals surface area contributed by atoms with Gasteiger partial charge in [0.25, 0.3) is 5.91 Å². The molecule has 1 amide bonds. The number of hydrogen-bond acceptors (Lipinski definition) is 5. The van der Waals surface area contributed by atoms with Crippen molar-refractivity contribution < 1.29 is 9.53 Å². The van der Waals surface area contributed by atoms with E-state index in [0.717, 1.165) is 48.7 Å². The molecule has 4 fully saturated rings. The second-order valence-corrected chi connectivity index (χ2v) is 9.62. The summed E-state index contributed by atoms with van der Waals surface area (Å²) in [6.07, 6.45) is 20.5. The molecule has 1 unspecified atom stereocenters. The molecule has 1 aliphatic carbocycles. The Labute approximate surface area is 213 Å². The molecule has 1 atom stereocenters. The Morgan fingerprint density at radius 2 is 1.75 bits per heavy atom. The molecule has 6 rings (SSSR count). The molecule has 6 heteroatoms. The maximum Gasteiger partial charge on any atom is 0.261 e. The van der Waals surface area contributed by atoms with Gasteiger partial charge in [-0.25, -0.2) is 9.97 Å². The summed E-state index contributed by atoms with van der Waals surface area (Å²) in [6, 6.07) is 12.1. The van der Waals surface area contributed by atoms with E-state index in [2.05, 4.69) is 21.4 Å². The van der Waals surface area contributed by atoms with E-state index < -0.39 is 5.60 Å². The molecule has 3 aliphatic heterocycles. The molecular formula is C30H34N4O2. The van der Waals surface area contributed by atoms with Crippen LogP contribution in [0.1, 0.15) is 44.9 Å². The van der Waals surface area contributed by atoms with Gasteiger partial charge in [-0.05, 0) is 18.9 Å². The summed E-state index contributed by atoms with van der Waals surface area (Å²) in [7, 11) is 0. The van der Waals surface area contributed by atoms with Crippen LogP contribution in [0.2, 0.25) is 0 Å². The first-order valence-corrected chi connectivity index (χ1v) is 13.0. The second-order valence-electron chi connectivity index (χ2n) is 9.62. The lowest BCUT2D eigenvalue weighted by Gasteiger charge is -2.37. The predicted molar refractivity (Wildman–Crippen MR) is 143 cm³/mol. The Morgan fingerprint density at radius 3 is 2.47 bits per heavy atom. The number of rotatable bonds is 5. The number of nitrogens with zero attached hydrogens (tertiary/aromatic N) is 4. The first kappa shape index (κ1) is 24.2. The van der Waals surface area contributed by atoms with E-state index in [-0.39, 0.29) is 12.1 Å². The summed E-state index contributed by atoms with van der Waals surface area (Å²) < 4.78 is 6.40. The van der Waals surface area contributed by atoms with Gasteiger partial charge < -0.3 is 9.64 Å². The standard InChI is InChI=1S/C27H28N4O2.C3H6/c1-2-3-4-5-9-12-22-13-14-25-31(22)26(32)27(33-25)15-17-30(18-16-27)24-19-23(28-20-29-24)21-10-7-6-8-11-21;1-2-3-1/h2-12,19-20,25H,1,13-18H2;1-3H2/b4-3-,9-5-,22-12-;. The Kier molecular flexibility index (Phi) is 7.42. The summed E-state index contributed by atoms with van der Waals surface area (Å²) in [6.45, 7) is 5.11. The first-order chi connectivity index (χ1) is 17.7. The van der Waals surface area contributed by atoms with Crippen LogP contribution in [0.15, 0.2) is 91.5 Å². The van der Waals surface area contributed by atoms with E-state index in [4.69, 9.17) is 4.74 Å². The lowest BCUT2D eigenvalue weighted by molar-refractivity contribution is -0.138. The van der Waals surface area contributed by atoms with Crippen LogP contribution in [0.25, 0.3) is 11.3 Å². The molecule has 36 heavy (non-hydrogen) atoms. The SMILES string of the molecule is C1CC1.C=C\C=C/C=C\C=C1\CCC2OC3(CCN(c4cc(-c5ccccc5)ncn4)CC3)C(=O)N12. The molecule has 4 aliphatic rings. The Hall–Kier alpha value is -3.51. The average molecular weight is 483 g/mol. The molecule has 2 aromatic rings. The first-order valence-electron chi connectivity index (χ1n) is 13.0. The Bertz CT molecular complexity index is 1160. The number of ether oxygens (including phenoxy) is 1. The summed E-state index contributed by atoms with van der Waals surface area (Å²) in [5.41, 5.74) is 2.29. The van der Waals surface area contributed by atoms with Gasteiger partial charge in [-0.2, -0.15) is 0 Å². The number of carbonyl (C=O) groups excluding carboxylic acids is 1. The molecule has 6 nitrogen and oxygen atoms in total. The molecule has 3 saturated heterocycles. The number of anilines is 1. The van der Waals surface area contributed by atoms with Crippen molar-refractivity contribution >= 4 is 11.7 Å². The van der Waals surface area contributed by atoms with E-state index >= 15 is 0 Å². The van der Waals surface area contributed by atoms with Gasteiger partial charge in [0.1, 0.15) is 18.4 Å². The number of fused-ring (bicyclic) bond motifs is 1. The van der Waals surface area contributed by atoms with Crippen molar-refractivity contribution in [2.45, 2.75) is 56.8 Å². The van der Waals surface area contributed by atoms with Crippen molar-refractivity contribution in [3.05, 3.63) is 91.5 Å². The molecule has 1 aromatic carbocycles. The van der Waals surface area contributed by atoms with E-state index in [1.54, 1.807) is 12.4 Å². The zero-order chi connectivity index (χ0) is 24.8. The van der Waals surface area contributed by atoms with Crippen molar-refractivity contribution in [2.75, 3.05) is 18.0 Å². The van der Waals surface area contributed by atoms with Gasteiger partial charge in [-0.3, -0.25) is 9.69 Å². The van der Waals surface area contributed by atoms with Crippen molar-refractivity contribution in [1.82, 2.24) is 14.9 Å². The summed E-state index contributed by atoms with van der Waals surface area (Å²) in [5.74, 6) is 1.00. The molecule has 1 aromatic heterocycles. The fourth-order valence-electron chi connectivity index (χ4n) is 4.86. The third-order valence-corrected chi connectivity index (χ3v) is 6.94. The number of allylic oxidation sites excluding steroid dienone is 7. The van der Waals surface area contributed by atoms with Gasteiger partial charge >= 0.3 is 0 Å². The zero-order valence-electron chi connectivity index (χ0n) is 20.8. The third kappa shape index (κ3) is 5.34. The van der Waals surface area contributed by atoms with Crippen molar-refractivity contribution in [3.8, 4) is 11.3 Å².